The van der Waals surface area contributed by atoms with Gasteiger partial charge in [0.25, 0.3) is 0 Å². The Hall–Kier alpha value is -1.22. The number of ether oxygens (including phenoxy) is 1. The van der Waals surface area contributed by atoms with E-state index >= 15 is 0 Å². The molecule has 0 saturated heterocycles. The fourth-order valence-electron chi connectivity index (χ4n) is 2.06. The van der Waals surface area contributed by atoms with Crippen molar-refractivity contribution in [2.45, 2.75) is 40.5 Å². The fourth-order valence-corrected chi connectivity index (χ4v) is 2.06. The lowest BCUT2D eigenvalue weighted by molar-refractivity contribution is 0.127. The van der Waals surface area contributed by atoms with E-state index in [2.05, 4.69) is 33.0 Å². The monoisotopic (exact) mass is 279 g/mol. The summed E-state index contributed by atoms with van der Waals surface area (Å²) in [5, 5.41) is 13.1. The van der Waals surface area contributed by atoms with Crippen molar-refractivity contribution in [1.82, 2.24) is 0 Å². The molecule has 0 aromatic heterocycles. The maximum atomic E-state index is 9.63. The molecule has 3 heteroatoms. The fraction of sp³-hybridized carbons (Fsp3) is 0.647. The van der Waals surface area contributed by atoms with Gasteiger partial charge in [0, 0.05) is 12.0 Å². The summed E-state index contributed by atoms with van der Waals surface area (Å²) < 4.78 is 5.84. The molecule has 0 aliphatic carbocycles. The standard InChI is InChI=1S/C17H29NO2/c1-5-17(6-2,13-19)12-18-15-9-7-8-10-16(15)20-11-14(3)4/h7-10,14,18-19H,5-6,11-13H2,1-4H3. The van der Waals surface area contributed by atoms with Gasteiger partial charge in [-0.3, -0.25) is 0 Å². The Morgan fingerprint density at radius 2 is 1.85 bits per heavy atom. The summed E-state index contributed by atoms with van der Waals surface area (Å²) >= 11 is 0. The quantitative estimate of drug-likeness (QED) is 0.719. The van der Waals surface area contributed by atoms with E-state index in [0.29, 0.717) is 12.5 Å². The van der Waals surface area contributed by atoms with Gasteiger partial charge in [0.15, 0.2) is 0 Å². The number of nitrogens with one attached hydrogen (secondary N) is 1. The van der Waals surface area contributed by atoms with Crippen LogP contribution in [0.5, 0.6) is 5.75 Å². The molecule has 0 unspecified atom stereocenters. The second kappa shape index (κ2) is 8.15. The molecule has 3 nitrogen and oxygen atoms in total. The van der Waals surface area contributed by atoms with E-state index in [1.807, 2.05) is 24.3 Å². The van der Waals surface area contributed by atoms with Crippen LogP contribution in [0.4, 0.5) is 5.69 Å². The molecule has 0 atom stereocenters. The van der Waals surface area contributed by atoms with E-state index < -0.39 is 0 Å². The Bertz CT molecular complexity index is 378. The molecule has 0 fully saturated rings. The first-order valence-corrected chi connectivity index (χ1v) is 7.63. The Kier molecular flexibility index (Phi) is 6.86. The van der Waals surface area contributed by atoms with Crippen LogP contribution >= 0.6 is 0 Å². The summed E-state index contributed by atoms with van der Waals surface area (Å²) in [6.07, 6.45) is 1.92. The molecule has 1 rings (SSSR count). The van der Waals surface area contributed by atoms with Gasteiger partial charge in [-0.2, -0.15) is 0 Å². The van der Waals surface area contributed by atoms with Crippen molar-refractivity contribution >= 4 is 5.69 Å². The molecule has 114 valence electrons. The van der Waals surface area contributed by atoms with Crippen molar-refractivity contribution in [1.29, 1.82) is 0 Å². The van der Waals surface area contributed by atoms with Gasteiger partial charge in [-0.25, -0.2) is 0 Å². The zero-order valence-electron chi connectivity index (χ0n) is 13.3. The Morgan fingerprint density at radius 3 is 2.40 bits per heavy atom. The third-order valence-electron chi connectivity index (χ3n) is 3.95. The maximum Gasteiger partial charge on any atom is 0.142 e. The van der Waals surface area contributed by atoms with Gasteiger partial charge in [0.05, 0.1) is 18.9 Å². The average Bonchev–Trinajstić information content (AvgIpc) is 2.48. The number of para-hydroxylation sites is 2. The van der Waals surface area contributed by atoms with Crippen LogP contribution in [0, 0.1) is 11.3 Å². The molecule has 1 aromatic carbocycles. The van der Waals surface area contributed by atoms with Crippen LogP contribution in [0.3, 0.4) is 0 Å². The van der Waals surface area contributed by atoms with Crippen molar-refractivity contribution in [3.8, 4) is 5.75 Å². The number of benzene rings is 1. The number of anilines is 1. The van der Waals surface area contributed by atoms with E-state index in [0.717, 1.165) is 30.8 Å². The lowest BCUT2D eigenvalue weighted by Crippen LogP contribution is -2.32. The molecule has 0 aliphatic heterocycles. The molecular weight excluding hydrogens is 250 g/mol. The maximum absolute atomic E-state index is 9.63. The average molecular weight is 279 g/mol. The van der Waals surface area contributed by atoms with E-state index in [1.165, 1.54) is 0 Å². The molecule has 0 aliphatic rings. The molecule has 0 heterocycles. The number of hydrogen-bond acceptors (Lipinski definition) is 3. The normalized spacial score (nSPS) is 11.7. The highest BCUT2D eigenvalue weighted by Crippen LogP contribution is 2.29. The van der Waals surface area contributed by atoms with Crippen molar-refractivity contribution in [3.63, 3.8) is 0 Å². The third-order valence-corrected chi connectivity index (χ3v) is 3.95. The molecule has 0 radical (unpaired) electrons. The Balaban J connectivity index is 2.72. The lowest BCUT2D eigenvalue weighted by Gasteiger charge is -2.30. The number of hydrogen-bond donors (Lipinski definition) is 2. The van der Waals surface area contributed by atoms with Gasteiger partial charge in [-0.1, -0.05) is 39.8 Å². The van der Waals surface area contributed by atoms with Crippen molar-refractivity contribution in [2.24, 2.45) is 11.3 Å². The first-order chi connectivity index (χ1) is 9.56. The molecular formula is C17H29NO2. The second-order valence-electron chi connectivity index (χ2n) is 5.92. The molecule has 20 heavy (non-hydrogen) atoms. The molecule has 0 amide bonds. The third kappa shape index (κ3) is 4.71. The van der Waals surface area contributed by atoms with E-state index in [-0.39, 0.29) is 12.0 Å². The van der Waals surface area contributed by atoms with Gasteiger partial charge in [-0.05, 0) is 30.9 Å². The van der Waals surface area contributed by atoms with Crippen LogP contribution in [0.1, 0.15) is 40.5 Å². The van der Waals surface area contributed by atoms with Gasteiger partial charge in [0.1, 0.15) is 5.75 Å². The lowest BCUT2D eigenvalue weighted by atomic mass is 9.83. The van der Waals surface area contributed by atoms with E-state index in [9.17, 15) is 5.11 Å². The minimum absolute atomic E-state index is 0.0504. The molecule has 0 saturated carbocycles. The highest BCUT2D eigenvalue weighted by molar-refractivity contribution is 5.56. The first kappa shape index (κ1) is 16.8. The molecule has 0 bridgehead atoms. The second-order valence-corrected chi connectivity index (χ2v) is 5.92. The minimum Gasteiger partial charge on any atom is -0.491 e. The molecule has 1 aromatic rings. The predicted molar refractivity (Wildman–Crippen MR) is 85.4 cm³/mol. The Labute approximate surface area is 123 Å². The summed E-state index contributed by atoms with van der Waals surface area (Å²) in [6, 6.07) is 8.01. The van der Waals surface area contributed by atoms with E-state index in [4.69, 9.17) is 4.74 Å². The largest absolute Gasteiger partial charge is 0.491 e. The number of aliphatic hydroxyl groups excluding tert-OH is 1. The zero-order valence-corrected chi connectivity index (χ0v) is 13.3. The number of rotatable bonds is 9. The SMILES string of the molecule is CCC(CC)(CO)CNc1ccccc1OCC(C)C. The minimum atomic E-state index is -0.0504. The van der Waals surface area contributed by atoms with Crippen LogP contribution in [-0.2, 0) is 0 Å². The van der Waals surface area contributed by atoms with Crippen LogP contribution < -0.4 is 10.1 Å². The predicted octanol–water partition coefficient (Wildman–Crippen LogP) is 3.93. The van der Waals surface area contributed by atoms with Crippen LogP contribution in [0.2, 0.25) is 0 Å². The first-order valence-electron chi connectivity index (χ1n) is 7.63. The topological polar surface area (TPSA) is 41.5 Å². The van der Waals surface area contributed by atoms with Crippen LogP contribution in [0.15, 0.2) is 24.3 Å². The van der Waals surface area contributed by atoms with Crippen LogP contribution in [0.25, 0.3) is 0 Å². The highest BCUT2D eigenvalue weighted by Gasteiger charge is 2.25. The van der Waals surface area contributed by atoms with Crippen molar-refractivity contribution in [3.05, 3.63) is 24.3 Å². The Morgan fingerprint density at radius 1 is 1.20 bits per heavy atom. The molecule has 0 spiro atoms. The van der Waals surface area contributed by atoms with Gasteiger partial charge in [-0.15, -0.1) is 0 Å². The smallest absolute Gasteiger partial charge is 0.142 e. The summed E-state index contributed by atoms with van der Waals surface area (Å²) in [6.45, 7) is 10.2. The zero-order chi connectivity index (χ0) is 15.0. The molecule has 2 N–H and O–H groups in total. The van der Waals surface area contributed by atoms with Gasteiger partial charge in [0.2, 0.25) is 0 Å². The van der Waals surface area contributed by atoms with Crippen molar-refractivity contribution in [2.75, 3.05) is 25.1 Å². The van der Waals surface area contributed by atoms with E-state index in [1.54, 1.807) is 0 Å². The van der Waals surface area contributed by atoms with Gasteiger partial charge >= 0.3 is 0 Å². The van der Waals surface area contributed by atoms with Crippen LogP contribution in [-0.4, -0.2) is 24.9 Å². The summed E-state index contributed by atoms with van der Waals surface area (Å²) in [5.74, 6) is 1.39. The summed E-state index contributed by atoms with van der Waals surface area (Å²) in [4.78, 5) is 0. The summed E-state index contributed by atoms with van der Waals surface area (Å²) in [7, 11) is 0. The van der Waals surface area contributed by atoms with Crippen molar-refractivity contribution < 1.29 is 9.84 Å². The summed E-state index contributed by atoms with van der Waals surface area (Å²) in [5.41, 5.74) is 0.957. The highest BCUT2D eigenvalue weighted by atomic mass is 16.5. The number of aliphatic hydroxyl groups is 1. The van der Waals surface area contributed by atoms with Gasteiger partial charge < -0.3 is 15.2 Å².